The van der Waals surface area contributed by atoms with Gasteiger partial charge >= 0.3 is 0 Å². The maximum Gasteiger partial charge on any atom is 0.150 e. The molecular formula is C30H38Cl2N6O3. The molecule has 2 heterocycles. The highest BCUT2D eigenvalue weighted by atomic mass is 35.5. The molecule has 41 heavy (non-hydrogen) atoms. The van der Waals surface area contributed by atoms with Gasteiger partial charge in [0, 0.05) is 54.1 Å². The number of rotatable bonds is 6. The third-order valence-electron chi connectivity index (χ3n) is 6.51. The third-order valence-corrected chi connectivity index (χ3v) is 7.27. The summed E-state index contributed by atoms with van der Waals surface area (Å²) in [5.74, 6) is 1.35. The normalized spacial score (nSPS) is 15.9. The van der Waals surface area contributed by atoms with Gasteiger partial charge in [0.15, 0.2) is 0 Å². The summed E-state index contributed by atoms with van der Waals surface area (Å²) in [6, 6.07) is 12.8. The summed E-state index contributed by atoms with van der Waals surface area (Å²) in [7, 11) is 4.58. The number of aromatic nitrogens is 1. The van der Waals surface area contributed by atoms with Crippen LogP contribution in [0.4, 0.5) is 11.5 Å². The maximum absolute atomic E-state index is 10.7. The molecule has 5 N–H and O–H groups in total. The quantitative estimate of drug-likeness (QED) is 0.193. The van der Waals surface area contributed by atoms with Gasteiger partial charge in [-0.2, -0.15) is 0 Å². The Labute approximate surface area is 251 Å². The van der Waals surface area contributed by atoms with E-state index < -0.39 is 0 Å². The van der Waals surface area contributed by atoms with E-state index in [1.54, 1.807) is 25.2 Å². The van der Waals surface area contributed by atoms with E-state index in [0.29, 0.717) is 44.2 Å². The van der Waals surface area contributed by atoms with Crippen molar-refractivity contribution in [3.63, 3.8) is 0 Å². The molecule has 0 radical (unpaired) electrons. The molecule has 2 aromatic carbocycles. The summed E-state index contributed by atoms with van der Waals surface area (Å²) in [6.45, 7) is 10.8. The minimum Gasteiger partial charge on any atom is -0.495 e. The molecular weight excluding hydrogens is 563 g/mol. The Hall–Kier alpha value is -3.53. The summed E-state index contributed by atoms with van der Waals surface area (Å²) < 4.78 is 10.5. The second-order valence-electron chi connectivity index (χ2n) is 11.0. The number of aliphatic imine (C=N–C) groups is 1. The number of amidine groups is 1. The van der Waals surface area contributed by atoms with Crippen molar-refractivity contribution in [1.29, 1.82) is 0 Å². The molecule has 4 rings (SSSR count). The number of benzene rings is 2. The molecule has 0 saturated carbocycles. The van der Waals surface area contributed by atoms with Gasteiger partial charge in [0.1, 0.15) is 29.4 Å². The van der Waals surface area contributed by atoms with E-state index in [0.717, 1.165) is 24.9 Å². The highest BCUT2D eigenvalue weighted by molar-refractivity contribution is 6.41. The lowest BCUT2D eigenvalue weighted by Crippen LogP contribution is -2.66. The van der Waals surface area contributed by atoms with Crippen molar-refractivity contribution in [2.75, 3.05) is 45.0 Å². The van der Waals surface area contributed by atoms with E-state index in [4.69, 9.17) is 44.1 Å². The van der Waals surface area contributed by atoms with Crippen LogP contribution in [0.15, 0.2) is 47.5 Å². The monoisotopic (exact) mass is 600 g/mol. The number of nitrogen functional groups attached to an aromatic ring is 1. The first-order valence-corrected chi connectivity index (χ1v) is 13.7. The van der Waals surface area contributed by atoms with Gasteiger partial charge < -0.3 is 31.2 Å². The zero-order chi connectivity index (χ0) is 30.5. The van der Waals surface area contributed by atoms with E-state index >= 15 is 0 Å². The fourth-order valence-corrected chi connectivity index (χ4v) is 5.71. The second kappa shape index (κ2) is 13.0. The molecule has 0 atom stereocenters. The summed E-state index contributed by atoms with van der Waals surface area (Å²) in [5, 5.41) is 4.29. The molecule has 11 heteroatoms. The average Bonchev–Trinajstić information content (AvgIpc) is 2.91. The summed E-state index contributed by atoms with van der Waals surface area (Å²) in [5.41, 5.74) is 15.3. The number of nitrogens with one attached hydrogen (secondary N) is 1. The summed E-state index contributed by atoms with van der Waals surface area (Å²) >= 11 is 12.7. The first kappa shape index (κ1) is 32.0. The number of nitrogens with zero attached hydrogens (tertiary/aromatic N) is 3. The lowest BCUT2D eigenvalue weighted by molar-refractivity contribution is 0.112. The van der Waals surface area contributed by atoms with Crippen LogP contribution in [0.1, 0.15) is 43.6 Å². The van der Waals surface area contributed by atoms with Crippen molar-refractivity contribution in [1.82, 2.24) is 10.3 Å². The van der Waals surface area contributed by atoms with Crippen LogP contribution in [-0.2, 0) is 0 Å². The minimum absolute atomic E-state index is 0.0884. The standard InChI is InChI=1S/C15H16Cl2N4O2.C15H22N2O/c1-20-14(18)7-4-5-8(21-15(7)19)11-12(16)9(22-2)6-10(23-3)13(11)17;1-14(2)10-17(11-15(3,4)16-14)13-7-5-12(9-18)6-8-13/h4-6H,1-3H3,(H2,18,20)(H2,19,21);5-9,16H,10-11H2,1-4H3. The van der Waals surface area contributed by atoms with Gasteiger partial charge in [0.05, 0.1) is 35.5 Å². The molecule has 220 valence electrons. The number of carbonyl (C=O) groups is 1. The van der Waals surface area contributed by atoms with Crippen molar-refractivity contribution in [3.05, 3.63) is 63.6 Å². The van der Waals surface area contributed by atoms with Crippen LogP contribution in [0.3, 0.4) is 0 Å². The molecule has 1 aromatic heterocycles. The van der Waals surface area contributed by atoms with Crippen molar-refractivity contribution in [3.8, 4) is 22.8 Å². The zero-order valence-corrected chi connectivity index (χ0v) is 26.0. The van der Waals surface area contributed by atoms with E-state index in [9.17, 15) is 4.79 Å². The van der Waals surface area contributed by atoms with Gasteiger partial charge in [0.2, 0.25) is 0 Å². The second-order valence-corrected chi connectivity index (χ2v) is 11.7. The molecule has 1 fully saturated rings. The number of piperazine rings is 1. The Morgan fingerprint density at radius 1 is 1.00 bits per heavy atom. The van der Waals surface area contributed by atoms with Crippen molar-refractivity contribution in [2.24, 2.45) is 10.7 Å². The van der Waals surface area contributed by atoms with Crippen LogP contribution in [0.25, 0.3) is 11.3 Å². The van der Waals surface area contributed by atoms with Gasteiger partial charge in [0.25, 0.3) is 0 Å². The maximum atomic E-state index is 10.7. The third kappa shape index (κ3) is 7.61. The summed E-state index contributed by atoms with van der Waals surface area (Å²) in [6.07, 6.45) is 0.884. The highest BCUT2D eigenvalue weighted by Crippen LogP contribution is 2.45. The number of carbonyl (C=O) groups excluding carboxylic acids is 1. The smallest absolute Gasteiger partial charge is 0.150 e. The SMILES string of the molecule is CC1(C)CN(c2ccc(C=O)cc2)CC(C)(C)N1.CN=C(N)c1ccc(-c2c(Cl)c(OC)cc(OC)c2Cl)nc1N. The topological polar surface area (TPSA) is 128 Å². The van der Waals surface area contributed by atoms with E-state index in [-0.39, 0.29) is 16.9 Å². The van der Waals surface area contributed by atoms with Gasteiger partial charge in [-0.25, -0.2) is 4.98 Å². The number of pyridine rings is 1. The fourth-order valence-electron chi connectivity index (χ4n) is 5.01. The highest BCUT2D eigenvalue weighted by Gasteiger charge is 2.36. The van der Waals surface area contributed by atoms with Crippen LogP contribution in [-0.4, -0.2) is 62.5 Å². The Balaban J connectivity index is 0.000000232. The van der Waals surface area contributed by atoms with E-state index in [1.165, 1.54) is 19.9 Å². The first-order chi connectivity index (χ1) is 19.3. The van der Waals surface area contributed by atoms with E-state index in [2.05, 4.69) is 47.9 Å². The molecule has 1 aliphatic rings. The Kier molecular flexibility index (Phi) is 10.1. The van der Waals surface area contributed by atoms with E-state index in [1.807, 2.05) is 24.3 Å². The van der Waals surface area contributed by atoms with Crippen molar-refractivity contribution >= 4 is 46.8 Å². The summed E-state index contributed by atoms with van der Waals surface area (Å²) in [4.78, 5) is 21.3. The Morgan fingerprint density at radius 3 is 1.98 bits per heavy atom. The lowest BCUT2D eigenvalue weighted by atomic mass is 9.91. The number of hydrogen-bond donors (Lipinski definition) is 3. The van der Waals surface area contributed by atoms with Gasteiger partial charge in [-0.05, 0) is 64.1 Å². The number of nitrogens with two attached hydrogens (primary N) is 2. The number of aldehydes is 1. The van der Waals surface area contributed by atoms with Crippen LogP contribution < -0.4 is 31.2 Å². The predicted molar refractivity (Wildman–Crippen MR) is 169 cm³/mol. The van der Waals surface area contributed by atoms with Crippen LogP contribution >= 0.6 is 23.2 Å². The number of anilines is 2. The first-order valence-electron chi connectivity index (χ1n) is 12.9. The molecule has 0 spiro atoms. The molecule has 9 nitrogen and oxygen atoms in total. The largest absolute Gasteiger partial charge is 0.495 e. The van der Waals surface area contributed by atoms with Crippen LogP contribution in [0.2, 0.25) is 10.0 Å². The molecule has 0 bridgehead atoms. The Bertz CT molecular complexity index is 1380. The van der Waals surface area contributed by atoms with Crippen LogP contribution in [0.5, 0.6) is 11.5 Å². The van der Waals surface area contributed by atoms with Gasteiger partial charge in [-0.1, -0.05) is 23.2 Å². The lowest BCUT2D eigenvalue weighted by Gasteiger charge is -2.49. The number of hydrogen-bond acceptors (Lipinski definition) is 8. The molecule has 0 aliphatic carbocycles. The number of halogens is 2. The van der Waals surface area contributed by atoms with Crippen molar-refractivity contribution < 1.29 is 14.3 Å². The molecule has 1 saturated heterocycles. The number of ether oxygens (including phenoxy) is 2. The van der Waals surface area contributed by atoms with Crippen molar-refractivity contribution in [2.45, 2.75) is 38.8 Å². The molecule has 1 aliphatic heterocycles. The van der Waals surface area contributed by atoms with Gasteiger partial charge in [-0.15, -0.1) is 0 Å². The fraction of sp³-hybridized carbons (Fsp3) is 0.367. The molecule has 3 aromatic rings. The average molecular weight is 602 g/mol. The van der Waals surface area contributed by atoms with Crippen LogP contribution in [0, 0.1) is 0 Å². The minimum atomic E-state index is 0.0884. The molecule has 0 amide bonds. The number of methoxy groups -OCH3 is 2. The zero-order valence-electron chi connectivity index (χ0n) is 24.5. The predicted octanol–water partition coefficient (Wildman–Crippen LogP) is 5.46. The van der Waals surface area contributed by atoms with Gasteiger partial charge in [-0.3, -0.25) is 9.79 Å². The molecule has 0 unspecified atom stereocenters. The Morgan fingerprint density at radius 2 is 1.54 bits per heavy atom.